The highest BCUT2D eigenvalue weighted by atomic mass is 32.2. The summed E-state index contributed by atoms with van der Waals surface area (Å²) < 4.78 is 32.9. The van der Waals surface area contributed by atoms with Crippen LogP contribution in [0.2, 0.25) is 0 Å². The van der Waals surface area contributed by atoms with Gasteiger partial charge >= 0.3 is 0 Å². The molecule has 5 heteroatoms. The van der Waals surface area contributed by atoms with Gasteiger partial charge in [0, 0.05) is 12.0 Å². The number of benzene rings is 2. The number of aryl methyl sites for hydroxylation is 1. The fourth-order valence-electron chi connectivity index (χ4n) is 2.37. The van der Waals surface area contributed by atoms with Crippen molar-refractivity contribution >= 4 is 10.0 Å². The van der Waals surface area contributed by atoms with Crippen LogP contribution < -0.4 is 9.46 Å². The van der Waals surface area contributed by atoms with Crippen molar-refractivity contribution < 1.29 is 13.2 Å². The molecule has 124 valence electrons. The van der Waals surface area contributed by atoms with Gasteiger partial charge in [0.25, 0.3) is 0 Å². The predicted octanol–water partition coefficient (Wildman–Crippen LogP) is 3.26. The zero-order chi connectivity index (χ0) is 17.1. The van der Waals surface area contributed by atoms with Crippen molar-refractivity contribution in [3.8, 4) is 5.75 Å². The molecule has 2 aromatic rings. The fourth-order valence-corrected chi connectivity index (χ4v) is 3.66. The van der Waals surface area contributed by atoms with Crippen molar-refractivity contribution in [1.82, 2.24) is 4.72 Å². The van der Waals surface area contributed by atoms with Crippen molar-refractivity contribution in [3.63, 3.8) is 0 Å². The average Bonchev–Trinajstić information content (AvgIpc) is 2.54. The molecule has 0 aliphatic rings. The quantitative estimate of drug-likeness (QED) is 0.883. The van der Waals surface area contributed by atoms with Gasteiger partial charge in [0.05, 0.1) is 12.0 Å². The number of hydrogen-bond acceptors (Lipinski definition) is 3. The van der Waals surface area contributed by atoms with Crippen molar-refractivity contribution in [3.05, 3.63) is 59.7 Å². The standard InChI is InChI=1S/C18H23NO3S/c1-14-12-16(10-11-17(14)22-4)23(20,21)19-13-18(2,3)15-8-6-5-7-9-15/h5-12,19H,13H2,1-4H3. The second-order valence-corrected chi connectivity index (χ2v) is 7.97. The molecule has 0 saturated heterocycles. The van der Waals surface area contributed by atoms with Gasteiger partial charge in [-0.25, -0.2) is 13.1 Å². The lowest BCUT2D eigenvalue weighted by Crippen LogP contribution is -2.36. The number of rotatable bonds is 6. The molecule has 23 heavy (non-hydrogen) atoms. The van der Waals surface area contributed by atoms with Gasteiger partial charge in [-0.15, -0.1) is 0 Å². The van der Waals surface area contributed by atoms with Crippen LogP contribution in [0.4, 0.5) is 0 Å². The van der Waals surface area contributed by atoms with Crippen molar-refractivity contribution in [1.29, 1.82) is 0 Å². The first kappa shape index (κ1) is 17.5. The minimum absolute atomic E-state index is 0.250. The molecule has 0 bridgehead atoms. The van der Waals surface area contributed by atoms with E-state index in [9.17, 15) is 8.42 Å². The maximum atomic E-state index is 12.5. The van der Waals surface area contributed by atoms with Crippen LogP contribution in [0.5, 0.6) is 5.75 Å². The Morgan fingerprint density at radius 2 is 1.74 bits per heavy atom. The summed E-state index contributed by atoms with van der Waals surface area (Å²) in [5.41, 5.74) is 1.59. The van der Waals surface area contributed by atoms with Crippen LogP contribution in [0.3, 0.4) is 0 Å². The third-order valence-corrected chi connectivity index (χ3v) is 5.33. The molecule has 0 spiro atoms. The van der Waals surface area contributed by atoms with E-state index in [0.29, 0.717) is 12.3 Å². The Balaban J connectivity index is 2.17. The van der Waals surface area contributed by atoms with E-state index in [0.717, 1.165) is 11.1 Å². The van der Waals surface area contributed by atoms with Crippen molar-refractivity contribution in [2.24, 2.45) is 0 Å². The summed E-state index contributed by atoms with van der Waals surface area (Å²) >= 11 is 0. The van der Waals surface area contributed by atoms with Gasteiger partial charge in [-0.2, -0.15) is 0 Å². The van der Waals surface area contributed by atoms with E-state index in [4.69, 9.17) is 4.74 Å². The predicted molar refractivity (Wildman–Crippen MR) is 92.4 cm³/mol. The van der Waals surface area contributed by atoms with Crippen LogP contribution in [0.1, 0.15) is 25.0 Å². The molecule has 0 aromatic heterocycles. The van der Waals surface area contributed by atoms with E-state index in [-0.39, 0.29) is 10.3 Å². The van der Waals surface area contributed by atoms with E-state index in [2.05, 4.69) is 4.72 Å². The largest absolute Gasteiger partial charge is 0.496 e. The molecule has 2 rings (SSSR count). The Bertz CT molecular complexity index is 768. The first-order chi connectivity index (χ1) is 10.8. The Hall–Kier alpha value is -1.85. The third-order valence-electron chi connectivity index (χ3n) is 3.94. The lowest BCUT2D eigenvalue weighted by molar-refractivity contribution is 0.411. The smallest absolute Gasteiger partial charge is 0.240 e. The highest BCUT2D eigenvalue weighted by Gasteiger charge is 2.24. The topological polar surface area (TPSA) is 55.4 Å². The molecular formula is C18H23NO3S. The number of nitrogens with one attached hydrogen (secondary N) is 1. The number of ether oxygens (including phenoxy) is 1. The molecule has 0 heterocycles. The summed E-state index contributed by atoms with van der Waals surface area (Å²) in [6.07, 6.45) is 0. The first-order valence-corrected chi connectivity index (χ1v) is 8.94. The summed E-state index contributed by atoms with van der Waals surface area (Å²) in [7, 11) is -1.99. The highest BCUT2D eigenvalue weighted by molar-refractivity contribution is 7.89. The van der Waals surface area contributed by atoms with Crippen LogP contribution >= 0.6 is 0 Å². The van der Waals surface area contributed by atoms with Gasteiger partial charge in [-0.1, -0.05) is 44.2 Å². The molecule has 1 N–H and O–H groups in total. The molecule has 2 aromatic carbocycles. The van der Waals surface area contributed by atoms with Crippen LogP contribution in [0.15, 0.2) is 53.4 Å². The summed E-state index contributed by atoms with van der Waals surface area (Å²) in [6, 6.07) is 14.7. The van der Waals surface area contributed by atoms with Crippen LogP contribution in [-0.4, -0.2) is 22.1 Å². The van der Waals surface area contributed by atoms with Gasteiger partial charge in [0.15, 0.2) is 0 Å². The summed E-state index contributed by atoms with van der Waals surface area (Å²) in [6.45, 7) is 6.18. The van der Waals surface area contributed by atoms with Crippen LogP contribution in [-0.2, 0) is 15.4 Å². The Labute approximate surface area is 138 Å². The number of sulfonamides is 1. The lowest BCUT2D eigenvalue weighted by Gasteiger charge is -2.25. The Morgan fingerprint density at radius 3 is 2.30 bits per heavy atom. The minimum atomic E-state index is -3.55. The van der Waals surface area contributed by atoms with Crippen LogP contribution in [0, 0.1) is 6.92 Å². The van der Waals surface area contributed by atoms with Gasteiger partial charge in [-0.3, -0.25) is 0 Å². The van der Waals surface area contributed by atoms with Gasteiger partial charge in [0.1, 0.15) is 5.75 Å². The maximum Gasteiger partial charge on any atom is 0.240 e. The SMILES string of the molecule is COc1ccc(S(=O)(=O)NCC(C)(C)c2ccccc2)cc1C. The molecule has 0 amide bonds. The minimum Gasteiger partial charge on any atom is -0.496 e. The summed E-state index contributed by atoms with van der Waals surface area (Å²) in [5, 5.41) is 0. The van der Waals surface area contributed by atoms with Crippen molar-refractivity contribution in [2.45, 2.75) is 31.1 Å². The highest BCUT2D eigenvalue weighted by Crippen LogP contribution is 2.24. The zero-order valence-electron chi connectivity index (χ0n) is 14.0. The van der Waals surface area contributed by atoms with E-state index >= 15 is 0 Å². The maximum absolute atomic E-state index is 12.5. The Kier molecular flexibility index (Phi) is 5.12. The molecule has 0 fully saturated rings. The molecule has 4 nitrogen and oxygen atoms in total. The molecular weight excluding hydrogens is 310 g/mol. The molecule has 0 unspecified atom stereocenters. The molecule has 0 radical (unpaired) electrons. The molecule has 0 atom stereocenters. The molecule has 0 aliphatic heterocycles. The van der Waals surface area contributed by atoms with Gasteiger partial charge in [0.2, 0.25) is 10.0 Å². The molecule has 0 aliphatic carbocycles. The normalized spacial score (nSPS) is 12.2. The van der Waals surface area contributed by atoms with Gasteiger partial charge < -0.3 is 4.74 Å². The average molecular weight is 333 g/mol. The second-order valence-electron chi connectivity index (χ2n) is 6.21. The number of methoxy groups -OCH3 is 1. The zero-order valence-corrected chi connectivity index (χ0v) is 14.8. The molecule has 0 saturated carbocycles. The monoisotopic (exact) mass is 333 g/mol. The number of hydrogen-bond donors (Lipinski definition) is 1. The van der Waals surface area contributed by atoms with Gasteiger partial charge in [-0.05, 0) is 36.2 Å². The van der Waals surface area contributed by atoms with E-state index < -0.39 is 10.0 Å². The summed E-state index contributed by atoms with van der Waals surface area (Å²) in [5.74, 6) is 0.675. The second kappa shape index (κ2) is 6.72. The van der Waals surface area contributed by atoms with Crippen LogP contribution in [0.25, 0.3) is 0 Å². The van der Waals surface area contributed by atoms with Crippen molar-refractivity contribution in [2.75, 3.05) is 13.7 Å². The lowest BCUT2D eigenvalue weighted by atomic mass is 9.85. The van der Waals surface area contributed by atoms with E-state index in [1.807, 2.05) is 51.1 Å². The van der Waals surface area contributed by atoms with E-state index in [1.54, 1.807) is 25.3 Å². The summed E-state index contributed by atoms with van der Waals surface area (Å²) in [4.78, 5) is 0.250. The first-order valence-electron chi connectivity index (χ1n) is 7.46. The Morgan fingerprint density at radius 1 is 1.09 bits per heavy atom. The third kappa shape index (κ3) is 4.12. The van der Waals surface area contributed by atoms with E-state index in [1.165, 1.54) is 0 Å². The fraction of sp³-hybridized carbons (Fsp3) is 0.333.